The number of aromatic nitrogens is 2. The Bertz CT molecular complexity index is 743. The van der Waals surface area contributed by atoms with Crippen LogP contribution < -0.4 is 10.0 Å². The maximum atomic E-state index is 14.6. The molecule has 3 N–H and O–H groups in total. The third kappa shape index (κ3) is 2.93. The average molecular weight is 346 g/mol. The fraction of sp³-hybridized carbons (Fsp3) is 0.500. The van der Waals surface area contributed by atoms with E-state index in [1.54, 1.807) is 6.07 Å². The summed E-state index contributed by atoms with van der Waals surface area (Å²) in [6.07, 6.45) is 3.71. The zero-order valence-electron chi connectivity index (χ0n) is 14.0. The molecule has 1 aromatic heterocycles. The Hall–Kier alpha value is -1.53. The van der Waals surface area contributed by atoms with E-state index in [4.69, 9.17) is 0 Å². The highest BCUT2D eigenvalue weighted by Crippen LogP contribution is 2.41. The highest BCUT2D eigenvalue weighted by atomic mass is 32.2. The standard InChI is InChI=1S/C18H23FN4S/c1-10(2)11-3-4-12(7-11)15-8-17(23-22-15)21-14-5-6-16-13(18(14)19)9-20-24-16/h5-6,8,10-12,20H,3-4,7,9H2,1-2H3,(H2,21,22,23). The van der Waals surface area contributed by atoms with Crippen molar-refractivity contribution < 1.29 is 4.39 Å². The maximum absolute atomic E-state index is 14.6. The van der Waals surface area contributed by atoms with Gasteiger partial charge in [0.1, 0.15) is 0 Å². The van der Waals surface area contributed by atoms with Gasteiger partial charge >= 0.3 is 0 Å². The zero-order valence-corrected chi connectivity index (χ0v) is 14.8. The summed E-state index contributed by atoms with van der Waals surface area (Å²) in [5.74, 6) is 2.59. The van der Waals surface area contributed by atoms with E-state index in [1.807, 2.05) is 12.1 Å². The number of anilines is 2. The van der Waals surface area contributed by atoms with Gasteiger partial charge < -0.3 is 5.32 Å². The first-order chi connectivity index (χ1) is 11.6. The molecule has 1 fully saturated rings. The number of hydrogen-bond donors (Lipinski definition) is 3. The van der Waals surface area contributed by atoms with Crippen molar-refractivity contribution >= 4 is 23.5 Å². The van der Waals surface area contributed by atoms with E-state index >= 15 is 0 Å². The lowest BCUT2D eigenvalue weighted by Crippen LogP contribution is -2.03. The van der Waals surface area contributed by atoms with Crippen LogP contribution in [0.25, 0.3) is 0 Å². The molecule has 1 aliphatic heterocycles. The molecule has 2 aromatic rings. The van der Waals surface area contributed by atoms with E-state index in [1.165, 1.54) is 36.9 Å². The highest BCUT2D eigenvalue weighted by molar-refractivity contribution is 7.97. The molecule has 1 saturated carbocycles. The first-order valence-corrected chi connectivity index (χ1v) is 9.47. The molecule has 2 heterocycles. The Kier molecular flexibility index (Phi) is 4.26. The van der Waals surface area contributed by atoms with Gasteiger partial charge in [0.25, 0.3) is 0 Å². The summed E-state index contributed by atoms with van der Waals surface area (Å²) in [5, 5.41) is 10.6. The molecule has 6 heteroatoms. The molecule has 4 nitrogen and oxygen atoms in total. The molecule has 2 aliphatic rings. The first-order valence-electron chi connectivity index (χ1n) is 8.65. The van der Waals surface area contributed by atoms with Gasteiger partial charge in [-0.15, -0.1) is 0 Å². The summed E-state index contributed by atoms with van der Waals surface area (Å²) in [4.78, 5) is 0.964. The van der Waals surface area contributed by atoms with Crippen LogP contribution in [0.1, 0.15) is 50.3 Å². The largest absolute Gasteiger partial charge is 0.336 e. The number of halogens is 1. The summed E-state index contributed by atoms with van der Waals surface area (Å²) in [5.41, 5.74) is 2.39. The Morgan fingerprint density at radius 2 is 2.21 bits per heavy atom. The monoisotopic (exact) mass is 346 g/mol. The first kappa shape index (κ1) is 16.0. The number of aromatic amines is 1. The molecule has 0 spiro atoms. The van der Waals surface area contributed by atoms with E-state index in [-0.39, 0.29) is 5.82 Å². The van der Waals surface area contributed by atoms with Crippen molar-refractivity contribution in [2.24, 2.45) is 11.8 Å². The van der Waals surface area contributed by atoms with E-state index in [9.17, 15) is 4.39 Å². The van der Waals surface area contributed by atoms with Gasteiger partial charge in [-0.3, -0.25) is 9.82 Å². The van der Waals surface area contributed by atoms with Crippen LogP contribution in [-0.4, -0.2) is 10.2 Å². The van der Waals surface area contributed by atoms with Crippen LogP contribution in [0.15, 0.2) is 23.1 Å². The summed E-state index contributed by atoms with van der Waals surface area (Å²) in [6, 6.07) is 5.77. The van der Waals surface area contributed by atoms with Gasteiger partial charge in [0.15, 0.2) is 11.6 Å². The van der Waals surface area contributed by atoms with Gasteiger partial charge in [-0.1, -0.05) is 13.8 Å². The minimum absolute atomic E-state index is 0.185. The van der Waals surface area contributed by atoms with Gasteiger partial charge in [-0.05, 0) is 55.2 Å². The molecular formula is C18H23FN4S. The van der Waals surface area contributed by atoms with Crippen molar-refractivity contribution in [3.8, 4) is 0 Å². The predicted octanol–water partition coefficient (Wildman–Crippen LogP) is 4.94. The Labute approximate surface area is 146 Å². The maximum Gasteiger partial charge on any atom is 0.152 e. The predicted molar refractivity (Wildman–Crippen MR) is 95.9 cm³/mol. The molecule has 0 radical (unpaired) electrons. The number of benzene rings is 1. The lowest BCUT2D eigenvalue weighted by Gasteiger charge is -2.13. The van der Waals surface area contributed by atoms with Crippen molar-refractivity contribution in [2.45, 2.75) is 50.5 Å². The third-order valence-corrected chi connectivity index (χ3v) is 6.24. The number of fused-ring (bicyclic) bond motifs is 1. The molecule has 4 rings (SSSR count). The second-order valence-corrected chi connectivity index (χ2v) is 8.11. The Morgan fingerprint density at radius 1 is 1.33 bits per heavy atom. The van der Waals surface area contributed by atoms with E-state index in [0.717, 1.165) is 22.3 Å². The molecule has 2 unspecified atom stereocenters. The quantitative estimate of drug-likeness (QED) is 0.686. The van der Waals surface area contributed by atoms with Crippen molar-refractivity contribution in [2.75, 3.05) is 5.32 Å². The molecule has 128 valence electrons. The molecular weight excluding hydrogens is 323 g/mol. The molecule has 2 atom stereocenters. The second kappa shape index (κ2) is 6.41. The normalized spacial score (nSPS) is 23.0. The van der Waals surface area contributed by atoms with Gasteiger partial charge in [-0.2, -0.15) is 5.10 Å². The molecule has 24 heavy (non-hydrogen) atoms. The van der Waals surface area contributed by atoms with Gasteiger partial charge in [0, 0.05) is 34.7 Å². The van der Waals surface area contributed by atoms with Crippen LogP contribution in [0.5, 0.6) is 0 Å². The van der Waals surface area contributed by atoms with Crippen molar-refractivity contribution in [1.29, 1.82) is 0 Å². The number of hydrogen-bond acceptors (Lipinski definition) is 4. The highest BCUT2D eigenvalue weighted by Gasteiger charge is 2.29. The van der Waals surface area contributed by atoms with E-state index < -0.39 is 0 Å². The minimum atomic E-state index is -0.185. The summed E-state index contributed by atoms with van der Waals surface area (Å²) in [7, 11) is 0. The fourth-order valence-electron chi connectivity index (χ4n) is 3.80. The smallest absolute Gasteiger partial charge is 0.152 e. The Balaban J connectivity index is 1.48. The average Bonchev–Trinajstić information content (AvgIpc) is 3.29. The summed E-state index contributed by atoms with van der Waals surface area (Å²) >= 11 is 1.48. The Morgan fingerprint density at radius 3 is 3.00 bits per heavy atom. The summed E-state index contributed by atoms with van der Waals surface area (Å²) < 4.78 is 17.7. The molecule has 1 aromatic carbocycles. The number of H-pyrrole nitrogens is 1. The van der Waals surface area contributed by atoms with Crippen LogP contribution in [0.4, 0.5) is 15.9 Å². The van der Waals surface area contributed by atoms with Crippen LogP contribution in [0.2, 0.25) is 0 Å². The van der Waals surface area contributed by atoms with Crippen molar-refractivity contribution in [1.82, 2.24) is 14.9 Å². The molecule has 1 aliphatic carbocycles. The van der Waals surface area contributed by atoms with E-state index in [2.05, 4.69) is 34.1 Å². The second-order valence-electron chi connectivity index (χ2n) is 7.17. The molecule has 0 amide bonds. The lowest BCUT2D eigenvalue weighted by atomic mass is 9.93. The van der Waals surface area contributed by atoms with Gasteiger partial charge in [-0.25, -0.2) is 4.39 Å². The number of rotatable bonds is 4. The van der Waals surface area contributed by atoms with Crippen molar-refractivity contribution in [3.05, 3.63) is 35.3 Å². The summed E-state index contributed by atoms with van der Waals surface area (Å²) in [6.45, 7) is 5.17. The van der Waals surface area contributed by atoms with Gasteiger partial charge in [0.05, 0.1) is 5.69 Å². The zero-order chi connectivity index (χ0) is 16.7. The van der Waals surface area contributed by atoms with Gasteiger partial charge in [0.2, 0.25) is 0 Å². The number of nitrogens with one attached hydrogen (secondary N) is 3. The third-order valence-electron chi connectivity index (χ3n) is 5.35. The topological polar surface area (TPSA) is 52.7 Å². The van der Waals surface area contributed by atoms with Crippen LogP contribution in [0.3, 0.4) is 0 Å². The fourth-order valence-corrected chi connectivity index (χ4v) is 4.59. The molecule has 0 bridgehead atoms. The number of nitrogens with zero attached hydrogens (tertiary/aromatic N) is 1. The van der Waals surface area contributed by atoms with Crippen LogP contribution in [0, 0.1) is 17.7 Å². The van der Waals surface area contributed by atoms with E-state index in [0.29, 0.717) is 24.0 Å². The van der Waals surface area contributed by atoms with Crippen LogP contribution >= 0.6 is 11.9 Å². The minimum Gasteiger partial charge on any atom is -0.336 e. The van der Waals surface area contributed by atoms with Crippen LogP contribution in [-0.2, 0) is 6.54 Å². The molecule has 0 saturated heterocycles. The van der Waals surface area contributed by atoms with Crippen molar-refractivity contribution in [3.63, 3.8) is 0 Å². The lowest BCUT2D eigenvalue weighted by molar-refractivity contribution is 0.391. The SMILES string of the molecule is CC(C)C1CCC(c2cc(Nc3ccc4c(c3F)CNS4)n[nH]2)C1.